The van der Waals surface area contributed by atoms with Crippen molar-refractivity contribution in [1.29, 1.82) is 0 Å². The second-order valence-corrected chi connectivity index (χ2v) is 9.96. The van der Waals surface area contributed by atoms with E-state index in [1.165, 1.54) is 0 Å². The van der Waals surface area contributed by atoms with E-state index in [0.29, 0.717) is 53.6 Å². The second kappa shape index (κ2) is 7.48. The lowest BCUT2D eigenvalue weighted by Crippen LogP contribution is -2.45. The monoisotopic (exact) mass is 442 g/mol. The summed E-state index contributed by atoms with van der Waals surface area (Å²) >= 11 is 6.06. The fraction of sp³-hybridized carbons (Fsp3) is 0.545. The van der Waals surface area contributed by atoms with Crippen molar-refractivity contribution in [3.8, 4) is 0 Å². The number of fused-ring (bicyclic) bond motifs is 3. The van der Waals surface area contributed by atoms with Gasteiger partial charge in [0.15, 0.2) is 0 Å². The van der Waals surface area contributed by atoms with Gasteiger partial charge in [0.1, 0.15) is 5.69 Å². The van der Waals surface area contributed by atoms with Gasteiger partial charge in [-0.3, -0.25) is 9.59 Å². The molecule has 8 nitrogen and oxygen atoms in total. The molecule has 9 heteroatoms. The van der Waals surface area contributed by atoms with Crippen molar-refractivity contribution in [3.63, 3.8) is 0 Å². The maximum Gasteiger partial charge on any atom is 0.270 e. The Morgan fingerprint density at radius 2 is 1.68 bits per heavy atom. The minimum Gasteiger partial charge on any atom is -0.350 e. The van der Waals surface area contributed by atoms with Crippen LogP contribution < -0.4 is 16.4 Å². The van der Waals surface area contributed by atoms with Gasteiger partial charge < -0.3 is 14.8 Å². The SMILES string of the molecule is O=C(c1cc2ccc(Cl)cc2[nH]1)N1C[C@@H]2CN(C(=O)C3CCC4NNNC4C3)C[C@@H]2C1. The summed E-state index contributed by atoms with van der Waals surface area (Å²) in [6.45, 7) is 2.97. The lowest BCUT2D eigenvalue weighted by atomic mass is 9.82. The normalized spacial score (nSPS) is 32.5. The summed E-state index contributed by atoms with van der Waals surface area (Å²) in [5.74, 6) is 1.18. The molecule has 5 atom stereocenters. The van der Waals surface area contributed by atoms with Gasteiger partial charge in [-0.2, -0.15) is 5.53 Å². The smallest absolute Gasteiger partial charge is 0.270 e. The number of carbonyl (C=O) groups is 2. The number of benzene rings is 1. The highest BCUT2D eigenvalue weighted by atomic mass is 35.5. The molecular formula is C22H27ClN6O2. The predicted molar refractivity (Wildman–Crippen MR) is 117 cm³/mol. The molecule has 3 saturated heterocycles. The maximum atomic E-state index is 13.1. The number of hydrogen-bond acceptors (Lipinski definition) is 5. The highest BCUT2D eigenvalue weighted by Crippen LogP contribution is 2.35. The molecule has 0 spiro atoms. The molecule has 1 aliphatic carbocycles. The molecular weight excluding hydrogens is 416 g/mol. The molecule has 6 rings (SSSR count). The third-order valence-corrected chi connectivity index (χ3v) is 7.85. The van der Waals surface area contributed by atoms with Crippen LogP contribution >= 0.6 is 11.6 Å². The van der Waals surface area contributed by atoms with Crippen molar-refractivity contribution in [2.75, 3.05) is 26.2 Å². The van der Waals surface area contributed by atoms with Crippen LogP contribution in [0.25, 0.3) is 10.9 Å². The Labute approximate surface area is 185 Å². The quantitative estimate of drug-likeness (QED) is 0.565. The molecule has 3 aliphatic heterocycles. The Kier molecular flexibility index (Phi) is 4.72. The maximum absolute atomic E-state index is 13.1. The first-order valence-corrected chi connectivity index (χ1v) is 11.6. The first kappa shape index (κ1) is 19.5. The van der Waals surface area contributed by atoms with Gasteiger partial charge in [0.25, 0.3) is 5.91 Å². The largest absolute Gasteiger partial charge is 0.350 e. The van der Waals surface area contributed by atoms with Crippen LogP contribution in [0.2, 0.25) is 5.02 Å². The number of carbonyl (C=O) groups excluding carboxylic acids is 2. The summed E-state index contributed by atoms with van der Waals surface area (Å²) in [5, 5.41) is 1.64. The molecule has 4 aliphatic rings. The van der Waals surface area contributed by atoms with E-state index in [4.69, 9.17) is 11.6 Å². The molecule has 164 valence electrons. The van der Waals surface area contributed by atoms with Crippen LogP contribution in [-0.4, -0.2) is 64.9 Å². The lowest BCUT2D eigenvalue weighted by Gasteiger charge is -2.32. The topological polar surface area (TPSA) is 92.5 Å². The molecule has 1 aromatic carbocycles. The number of aromatic amines is 1. The van der Waals surface area contributed by atoms with Crippen LogP contribution in [0.5, 0.6) is 0 Å². The molecule has 3 unspecified atom stereocenters. The van der Waals surface area contributed by atoms with E-state index in [1.54, 1.807) is 0 Å². The molecule has 2 aromatic rings. The van der Waals surface area contributed by atoms with Gasteiger partial charge in [-0.25, -0.2) is 10.9 Å². The second-order valence-electron chi connectivity index (χ2n) is 9.52. The van der Waals surface area contributed by atoms with Crippen molar-refractivity contribution in [1.82, 2.24) is 31.2 Å². The standard InChI is InChI=1S/C22H27ClN6O2/c23-16-3-1-12-5-20(24-18(12)7-16)22(31)29-10-14-8-28(9-15(14)11-29)21(30)13-2-4-17-19(6-13)26-27-25-17/h1,3,5,7,13-15,17,19,24-27H,2,4,6,8-11H2/t13?,14-,15+,17?,19?. The molecule has 4 heterocycles. The van der Waals surface area contributed by atoms with E-state index in [9.17, 15) is 9.59 Å². The molecule has 4 fully saturated rings. The lowest BCUT2D eigenvalue weighted by molar-refractivity contribution is -0.136. The van der Waals surface area contributed by atoms with Crippen molar-refractivity contribution < 1.29 is 9.59 Å². The molecule has 0 bridgehead atoms. The Morgan fingerprint density at radius 3 is 2.48 bits per heavy atom. The van der Waals surface area contributed by atoms with Crippen molar-refractivity contribution >= 4 is 34.3 Å². The Hall–Kier alpha value is -2.13. The first-order chi connectivity index (χ1) is 15.0. The van der Waals surface area contributed by atoms with E-state index < -0.39 is 0 Å². The number of halogens is 1. The summed E-state index contributed by atoms with van der Waals surface area (Å²) < 4.78 is 0. The van der Waals surface area contributed by atoms with E-state index in [0.717, 1.165) is 43.3 Å². The fourth-order valence-corrected chi connectivity index (χ4v) is 6.11. The van der Waals surface area contributed by atoms with E-state index in [-0.39, 0.29) is 11.8 Å². The third kappa shape index (κ3) is 3.42. The zero-order chi connectivity index (χ0) is 21.1. The summed E-state index contributed by atoms with van der Waals surface area (Å²) in [5.41, 5.74) is 10.9. The fourth-order valence-electron chi connectivity index (χ4n) is 5.94. The summed E-state index contributed by atoms with van der Waals surface area (Å²) in [7, 11) is 0. The van der Waals surface area contributed by atoms with Gasteiger partial charge in [0.2, 0.25) is 5.91 Å². The van der Waals surface area contributed by atoms with Gasteiger partial charge >= 0.3 is 0 Å². The van der Waals surface area contributed by atoms with Crippen LogP contribution in [-0.2, 0) is 4.79 Å². The van der Waals surface area contributed by atoms with E-state index in [1.807, 2.05) is 29.2 Å². The molecule has 2 amide bonds. The number of amides is 2. The summed E-state index contributed by atoms with van der Waals surface area (Å²) in [4.78, 5) is 33.4. The van der Waals surface area contributed by atoms with Crippen molar-refractivity contribution in [2.45, 2.75) is 31.3 Å². The number of rotatable bonds is 2. The van der Waals surface area contributed by atoms with Crippen molar-refractivity contribution in [2.24, 2.45) is 17.8 Å². The van der Waals surface area contributed by atoms with Gasteiger partial charge in [-0.15, -0.1) is 0 Å². The van der Waals surface area contributed by atoms with Crippen LogP contribution in [0.15, 0.2) is 24.3 Å². The van der Waals surface area contributed by atoms with Crippen molar-refractivity contribution in [3.05, 3.63) is 35.0 Å². The third-order valence-electron chi connectivity index (χ3n) is 7.61. The molecule has 1 saturated carbocycles. The van der Waals surface area contributed by atoms with Crippen LogP contribution in [0.3, 0.4) is 0 Å². The van der Waals surface area contributed by atoms with Gasteiger partial charge in [-0.05, 0) is 37.5 Å². The number of H-pyrrole nitrogens is 1. The minimum atomic E-state index is 0.0326. The van der Waals surface area contributed by atoms with E-state index in [2.05, 4.69) is 26.3 Å². The summed E-state index contributed by atoms with van der Waals surface area (Å²) in [6, 6.07) is 8.24. The number of hydrogen-bond donors (Lipinski definition) is 4. The van der Waals surface area contributed by atoms with Gasteiger partial charge in [0.05, 0.1) is 0 Å². The van der Waals surface area contributed by atoms with Gasteiger partial charge in [0, 0.05) is 71.9 Å². The Balaban J connectivity index is 1.08. The van der Waals surface area contributed by atoms with Gasteiger partial charge in [-0.1, -0.05) is 17.7 Å². The minimum absolute atomic E-state index is 0.0326. The number of likely N-dealkylation sites (tertiary alicyclic amines) is 2. The zero-order valence-electron chi connectivity index (χ0n) is 17.2. The van der Waals surface area contributed by atoms with E-state index >= 15 is 0 Å². The molecule has 31 heavy (non-hydrogen) atoms. The predicted octanol–water partition coefficient (Wildman–Crippen LogP) is 1.50. The Morgan fingerprint density at radius 1 is 0.935 bits per heavy atom. The molecule has 0 radical (unpaired) electrons. The molecule has 4 N–H and O–H groups in total. The molecule has 1 aromatic heterocycles. The first-order valence-electron chi connectivity index (χ1n) is 11.2. The summed E-state index contributed by atoms with van der Waals surface area (Å²) in [6.07, 6.45) is 2.83. The number of hydrazine groups is 2. The number of nitrogens with zero attached hydrogens (tertiary/aromatic N) is 2. The Bertz CT molecular complexity index is 1030. The average molecular weight is 443 g/mol. The highest BCUT2D eigenvalue weighted by Gasteiger charge is 2.45. The van der Waals surface area contributed by atoms with Crippen LogP contribution in [0.4, 0.5) is 0 Å². The van der Waals surface area contributed by atoms with Crippen LogP contribution in [0, 0.1) is 17.8 Å². The zero-order valence-corrected chi connectivity index (χ0v) is 18.0. The number of nitrogens with one attached hydrogen (secondary N) is 4. The highest BCUT2D eigenvalue weighted by molar-refractivity contribution is 6.31. The average Bonchev–Trinajstić information content (AvgIpc) is 3.53. The number of aromatic nitrogens is 1. The van der Waals surface area contributed by atoms with Crippen LogP contribution in [0.1, 0.15) is 29.8 Å².